The molecule has 1 spiro atoms. The molecular weight excluding hydrogens is 438 g/mol. The van der Waals surface area contributed by atoms with Crippen LogP contribution < -0.4 is 15.5 Å². The number of aromatic nitrogens is 1. The molecule has 1 atom stereocenters. The number of hydrogen-bond acceptors (Lipinski definition) is 6. The van der Waals surface area contributed by atoms with Crippen LogP contribution >= 0.6 is 11.6 Å². The number of Topliss-reactive ketones (excluding diaryl/α,β-unsaturated/α-hetero) is 1. The number of anilines is 2. The number of carbonyl (C=O) groups excluding carboxylic acids is 2. The van der Waals surface area contributed by atoms with Gasteiger partial charge in [-0.3, -0.25) is 19.4 Å². The number of terminal acetylenes is 1. The molecule has 1 aromatic heterocycles. The van der Waals surface area contributed by atoms with E-state index in [0.29, 0.717) is 40.6 Å². The monoisotopic (exact) mass is 455 g/mol. The summed E-state index contributed by atoms with van der Waals surface area (Å²) < 4.78 is 0. The average molecular weight is 456 g/mol. The van der Waals surface area contributed by atoms with Gasteiger partial charge in [-0.1, -0.05) is 35.7 Å². The van der Waals surface area contributed by atoms with Gasteiger partial charge in [0.25, 0.3) is 0 Å². The lowest BCUT2D eigenvalue weighted by Crippen LogP contribution is -2.52. The lowest BCUT2D eigenvalue weighted by molar-refractivity contribution is -0.124. The number of allylic oxidation sites excluding steroid dienone is 1. The van der Waals surface area contributed by atoms with Crippen molar-refractivity contribution in [3.8, 4) is 18.4 Å². The number of nitriles is 1. The molecule has 2 aliphatic heterocycles. The van der Waals surface area contributed by atoms with E-state index < -0.39 is 11.3 Å². The Kier molecular flexibility index (Phi) is 4.74. The second-order valence-corrected chi connectivity index (χ2v) is 8.44. The summed E-state index contributed by atoms with van der Waals surface area (Å²) in [5.74, 6) is 2.36. The number of carbonyl (C=O) groups is 2. The molecule has 0 saturated heterocycles. The second kappa shape index (κ2) is 7.51. The molecule has 2 N–H and O–H groups in total. The highest BCUT2D eigenvalue weighted by Gasteiger charge is 2.62. The molecule has 5 rings (SSSR count). The quantitative estimate of drug-likeness (QED) is 0.697. The van der Waals surface area contributed by atoms with Crippen molar-refractivity contribution in [2.75, 3.05) is 16.3 Å². The number of nitrogens with zero attached hydrogens (tertiary/aromatic N) is 4. The molecule has 162 valence electrons. The van der Waals surface area contributed by atoms with Crippen LogP contribution in [0, 0.1) is 23.7 Å². The summed E-state index contributed by atoms with van der Waals surface area (Å²) >= 11 is 6.01. The zero-order chi connectivity index (χ0) is 23.3. The van der Waals surface area contributed by atoms with Gasteiger partial charge in [0.2, 0.25) is 5.91 Å². The first kappa shape index (κ1) is 20.8. The second-order valence-electron chi connectivity index (χ2n) is 8.00. The molecule has 8 heteroatoms. The molecule has 0 saturated carbocycles. The van der Waals surface area contributed by atoms with Crippen molar-refractivity contribution >= 4 is 34.8 Å². The van der Waals surface area contributed by atoms with Gasteiger partial charge < -0.3 is 5.73 Å². The largest absolute Gasteiger partial charge is 0.384 e. The van der Waals surface area contributed by atoms with E-state index in [-0.39, 0.29) is 35.7 Å². The Labute approximate surface area is 195 Å². The Balaban J connectivity index is 1.88. The Hall–Kier alpha value is -4.07. The van der Waals surface area contributed by atoms with E-state index in [0.717, 1.165) is 0 Å². The number of amides is 1. The van der Waals surface area contributed by atoms with Crippen molar-refractivity contribution in [1.29, 1.82) is 5.26 Å². The minimum absolute atomic E-state index is 0.00905. The molecule has 7 nitrogen and oxygen atoms in total. The van der Waals surface area contributed by atoms with Gasteiger partial charge in [-0.05, 0) is 31.0 Å². The first-order valence-corrected chi connectivity index (χ1v) is 10.8. The van der Waals surface area contributed by atoms with Gasteiger partial charge in [0, 0.05) is 35.1 Å². The van der Waals surface area contributed by atoms with Crippen molar-refractivity contribution in [3.63, 3.8) is 0 Å². The molecule has 3 heterocycles. The third-order valence-corrected chi connectivity index (χ3v) is 6.59. The van der Waals surface area contributed by atoms with Crippen LogP contribution in [0.2, 0.25) is 5.02 Å². The number of ketones is 1. The molecule has 1 amide bonds. The zero-order valence-corrected chi connectivity index (χ0v) is 18.3. The average Bonchev–Trinajstić information content (AvgIpc) is 3.05. The lowest BCUT2D eigenvalue weighted by Gasteiger charge is -2.43. The number of hydrogen-bond donors (Lipinski definition) is 1. The molecule has 1 aliphatic carbocycles. The Bertz CT molecular complexity index is 1360. The molecule has 0 fully saturated rings. The number of halogens is 1. The van der Waals surface area contributed by atoms with E-state index in [9.17, 15) is 14.9 Å². The van der Waals surface area contributed by atoms with Crippen LogP contribution in [0.1, 0.15) is 24.8 Å². The topological polar surface area (TPSA) is 103 Å². The van der Waals surface area contributed by atoms with E-state index in [1.807, 2.05) is 0 Å². The summed E-state index contributed by atoms with van der Waals surface area (Å²) in [7, 11) is 0. The minimum Gasteiger partial charge on any atom is -0.384 e. The third kappa shape index (κ3) is 2.67. The van der Waals surface area contributed by atoms with Crippen LogP contribution in [0.3, 0.4) is 0 Å². The summed E-state index contributed by atoms with van der Waals surface area (Å²) in [5.41, 5.74) is 6.91. The first-order valence-electron chi connectivity index (χ1n) is 10.4. The van der Waals surface area contributed by atoms with Crippen LogP contribution in [0.15, 0.2) is 65.3 Å². The number of nitrogens with two attached hydrogens (primary N) is 1. The predicted octanol–water partition coefficient (Wildman–Crippen LogP) is 3.17. The van der Waals surface area contributed by atoms with Crippen LogP contribution in [0.5, 0.6) is 0 Å². The van der Waals surface area contributed by atoms with Gasteiger partial charge >= 0.3 is 0 Å². The Morgan fingerprint density at radius 3 is 2.70 bits per heavy atom. The number of fused-ring (bicyclic) bond motifs is 3. The van der Waals surface area contributed by atoms with Gasteiger partial charge in [0.05, 0.1) is 17.1 Å². The smallest absolute Gasteiger partial charge is 0.248 e. The molecule has 0 bridgehead atoms. The SMILES string of the molecule is C#CCN1C(=O)C2(C(C#N)=C(N)N(c3ccc(Cl)cn3)C3=C2C(=O)CCC3)c2ccccc21. The summed E-state index contributed by atoms with van der Waals surface area (Å²) in [6, 6.07) is 12.6. The molecule has 0 radical (unpaired) electrons. The highest BCUT2D eigenvalue weighted by Crippen LogP contribution is 2.56. The molecule has 33 heavy (non-hydrogen) atoms. The fourth-order valence-electron chi connectivity index (χ4n) is 5.14. The first-order chi connectivity index (χ1) is 16.0. The van der Waals surface area contributed by atoms with Gasteiger partial charge in [-0.25, -0.2) is 4.98 Å². The summed E-state index contributed by atoms with van der Waals surface area (Å²) in [6.45, 7) is 0.00939. The number of para-hydroxylation sites is 1. The number of rotatable bonds is 2. The van der Waals surface area contributed by atoms with Gasteiger partial charge in [0.15, 0.2) is 5.78 Å². The van der Waals surface area contributed by atoms with Gasteiger partial charge in [-0.15, -0.1) is 6.42 Å². The molecular formula is C25H18ClN5O2. The zero-order valence-electron chi connectivity index (χ0n) is 17.5. The van der Waals surface area contributed by atoms with Crippen molar-refractivity contribution in [2.24, 2.45) is 5.73 Å². The maximum absolute atomic E-state index is 14.1. The van der Waals surface area contributed by atoms with E-state index in [4.69, 9.17) is 23.8 Å². The number of benzene rings is 1. The molecule has 2 aromatic rings. The Morgan fingerprint density at radius 2 is 2.00 bits per heavy atom. The highest BCUT2D eigenvalue weighted by molar-refractivity contribution is 6.30. The maximum atomic E-state index is 14.1. The van der Waals surface area contributed by atoms with E-state index in [1.54, 1.807) is 41.3 Å². The van der Waals surface area contributed by atoms with E-state index in [2.05, 4.69) is 17.0 Å². The fourth-order valence-corrected chi connectivity index (χ4v) is 5.25. The Morgan fingerprint density at radius 1 is 1.21 bits per heavy atom. The van der Waals surface area contributed by atoms with Gasteiger partial charge in [-0.2, -0.15) is 5.26 Å². The predicted molar refractivity (Wildman–Crippen MR) is 124 cm³/mol. The number of pyridine rings is 1. The summed E-state index contributed by atoms with van der Waals surface area (Å²) in [6.07, 6.45) is 8.39. The van der Waals surface area contributed by atoms with Crippen LogP contribution in [-0.4, -0.2) is 23.2 Å². The molecule has 1 unspecified atom stereocenters. The normalized spacial score (nSPS) is 21.8. The van der Waals surface area contributed by atoms with Crippen molar-refractivity contribution < 1.29 is 9.59 Å². The van der Waals surface area contributed by atoms with Crippen LogP contribution in [0.25, 0.3) is 0 Å². The maximum Gasteiger partial charge on any atom is 0.248 e. The molecule has 3 aliphatic rings. The van der Waals surface area contributed by atoms with Crippen LogP contribution in [-0.2, 0) is 15.0 Å². The summed E-state index contributed by atoms with van der Waals surface area (Å²) in [4.78, 5) is 35.0. The highest BCUT2D eigenvalue weighted by atomic mass is 35.5. The van der Waals surface area contributed by atoms with E-state index >= 15 is 0 Å². The van der Waals surface area contributed by atoms with Crippen molar-refractivity contribution in [2.45, 2.75) is 24.7 Å². The van der Waals surface area contributed by atoms with Crippen molar-refractivity contribution in [1.82, 2.24) is 4.98 Å². The van der Waals surface area contributed by atoms with Crippen molar-refractivity contribution in [3.05, 3.63) is 75.8 Å². The van der Waals surface area contributed by atoms with Crippen LogP contribution in [0.4, 0.5) is 11.5 Å². The standard InChI is InChI=1S/C25H18ClN5O2/c1-2-12-30-18-7-4-3-6-16(18)25(24(30)33)17(13-27)23(28)31(21-11-10-15(26)14-29-21)19-8-5-9-20(32)22(19)25/h1,3-4,6-7,10-11,14H,5,8-9,12,28H2. The van der Waals surface area contributed by atoms with Gasteiger partial charge in [0.1, 0.15) is 23.1 Å². The molecule has 1 aromatic carbocycles. The third-order valence-electron chi connectivity index (χ3n) is 6.37. The van der Waals surface area contributed by atoms with E-state index in [1.165, 1.54) is 11.1 Å². The lowest BCUT2D eigenvalue weighted by atomic mass is 9.64. The fraction of sp³-hybridized carbons (Fsp3) is 0.200. The summed E-state index contributed by atoms with van der Waals surface area (Å²) in [5, 5.41) is 10.8. The minimum atomic E-state index is -1.64.